The van der Waals surface area contributed by atoms with Crippen molar-refractivity contribution in [2.75, 3.05) is 12.4 Å². The number of allylic oxidation sites excluding steroid dienone is 1. The van der Waals surface area contributed by atoms with Gasteiger partial charge in [-0.25, -0.2) is 4.79 Å². The van der Waals surface area contributed by atoms with Crippen molar-refractivity contribution in [3.05, 3.63) is 10.5 Å². The molecule has 0 unspecified atom stereocenters. The van der Waals surface area contributed by atoms with E-state index in [-0.39, 0.29) is 17.7 Å². The molecule has 0 N–H and O–H groups in total. The van der Waals surface area contributed by atoms with E-state index in [0.29, 0.717) is 23.7 Å². The van der Waals surface area contributed by atoms with Gasteiger partial charge < -0.3 is 4.74 Å². The standard InChI is InChI=1S/C11H16O3S/c1-4-14-11(13)10-7(2)5-9(6-15-10)8(3)12/h9H,4-6H2,1-3H3/t9-/m1/s1. The summed E-state index contributed by atoms with van der Waals surface area (Å²) in [6.07, 6.45) is 0.691. The minimum absolute atomic E-state index is 0.0631. The molecule has 1 heterocycles. The lowest BCUT2D eigenvalue weighted by molar-refractivity contribution is -0.137. The fraction of sp³-hybridized carbons (Fsp3) is 0.636. The number of ether oxygens (including phenoxy) is 1. The van der Waals surface area contributed by atoms with Crippen molar-refractivity contribution in [2.24, 2.45) is 5.92 Å². The highest BCUT2D eigenvalue weighted by atomic mass is 32.2. The van der Waals surface area contributed by atoms with Crippen LogP contribution in [0.25, 0.3) is 0 Å². The molecule has 0 radical (unpaired) electrons. The highest BCUT2D eigenvalue weighted by molar-refractivity contribution is 8.04. The van der Waals surface area contributed by atoms with Crippen molar-refractivity contribution in [3.8, 4) is 0 Å². The van der Waals surface area contributed by atoms with Gasteiger partial charge in [0.05, 0.1) is 11.5 Å². The molecule has 1 aliphatic rings. The number of carbonyl (C=O) groups excluding carboxylic acids is 2. The first-order chi connectivity index (χ1) is 7.06. The van der Waals surface area contributed by atoms with Crippen LogP contribution in [0.15, 0.2) is 10.5 Å². The Morgan fingerprint density at radius 1 is 1.53 bits per heavy atom. The van der Waals surface area contributed by atoms with Gasteiger partial charge in [-0.3, -0.25) is 4.79 Å². The molecule has 0 saturated carbocycles. The van der Waals surface area contributed by atoms with Gasteiger partial charge in [-0.2, -0.15) is 0 Å². The highest BCUT2D eigenvalue weighted by Crippen LogP contribution is 2.34. The molecule has 0 amide bonds. The Labute approximate surface area is 94.3 Å². The van der Waals surface area contributed by atoms with Gasteiger partial charge in [0.1, 0.15) is 5.78 Å². The Bertz CT molecular complexity index is 307. The van der Waals surface area contributed by atoms with Gasteiger partial charge in [0.2, 0.25) is 0 Å². The molecule has 4 heteroatoms. The van der Waals surface area contributed by atoms with Gasteiger partial charge in [-0.15, -0.1) is 11.8 Å². The molecule has 1 rings (SSSR count). The first kappa shape index (κ1) is 12.3. The van der Waals surface area contributed by atoms with E-state index in [2.05, 4.69) is 0 Å². The predicted octanol–water partition coefficient (Wildman–Crippen LogP) is 2.17. The van der Waals surface area contributed by atoms with Gasteiger partial charge in [0.25, 0.3) is 0 Å². The molecule has 0 aromatic carbocycles. The van der Waals surface area contributed by atoms with E-state index >= 15 is 0 Å². The maximum Gasteiger partial charge on any atom is 0.344 e. The summed E-state index contributed by atoms with van der Waals surface area (Å²) >= 11 is 1.44. The van der Waals surface area contributed by atoms with E-state index in [1.165, 1.54) is 11.8 Å². The average molecular weight is 228 g/mol. The van der Waals surface area contributed by atoms with E-state index in [0.717, 1.165) is 5.57 Å². The maximum absolute atomic E-state index is 11.5. The normalized spacial score (nSPS) is 21.4. The number of hydrogen-bond donors (Lipinski definition) is 0. The minimum atomic E-state index is -0.248. The summed E-state index contributed by atoms with van der Waals surface area (Å²) in [5.74, 6) is 0.709. The zero-order chi connectivity index (χ0) is 11.4. The molecule has 0 aromatic heterocycles. The molecule has 0 spiro atoms. The Hall–Kier alpha value is -0.770. The van der Waals surface area contributed by atoms with Crippen molar-refractivity contribution >= 4 is 23.5 Å². The second-order valence-electron chi connectivity index (χ2n) is 3.65. The molecule has 84 valence electrons. The van der Waals surface area contributed by atoms with Gasteiger partial charge in [0.15, 0.2) is 0 Å². The predicted molar refractivity (Wildman–Crippen MR) is 60.6 cm³/mol. The summed E-state index contributed by atoms with van der Waals surface area (Å²) in [7, 11) is 0. The molecule has 1 aliphatic heterocycles. The monoisotopic (exact) mass is 228 g/mol. The number of ketones is 1. The van der Waals surface area contributed by atoms with Crippen molar-refractivity contribution in [3.63, 3.8) is 0 Å². The Balaban J connectivity index is 2.72. The molecule has 3 nitrogen and oxygen atoms in total. The number of Topliss-reactive ketones (excluding diaryl/α,β-unsaturated/α-hetero) is 1. The highest BCUT2D eigenvalue weighted by Gasteiger charge is 2.26. The third-order valence-electron chi connectivity index (χ3n) is 2.40. The number of thioether (sulfide) groups is 1. The van der Waals surface area contributed by atoms with E-state index in [4.69, 9.17) is 4.74 Å². The number of rotatable bonds is 3. The molecule has 0 fully saturated rings. The van der Waals surface area contributed by atoms with Crippen LogP contribution in [-0.4, -0.2) is 24.1 Å². The number of hydrogen-bond acceptors (Lipinski definition) is 4. The summed E-state index contributed by atoms with van der Waals surface area (Å²) in [5, 5.41) is 0. The average Bonchev–Trinajstić information content (AvgIpc) is 2.17. The topological polar surface area (TPSA) is 43.4 Å². The summed E-state index contributed by atoms with van der Waals surface area (Å²) in [5.41, 5.74) is 0.977. The van der Waals surface area contributed by atoms with Crippen LogP contribution in [0.2, 0.25) is 0 Å². The summed E-state index contributed by atoms with van der Waals surface area (Å²) in [6, 6.07) is 0. The molecular weight excluding hydrogens is 212 g/mol. The first-order valence-corrected chi connectivity index (χ1v) is 6.05. The fourth-order valence-electron chi connectivity index (χ4n) is 1.52. The maximum atomic E-state index is 11.5. The van der Waals surface area contributed by atoms with Crippen molar-refractivity contribution in [2.45, 2.75) is 27.2 Å². The third-order valence-corrected chi connectivity index (χ3v) is 3.78. The zero-order valence-electron chi connectivity index (χ0n) is 9.33. The van der Waals surface area contributed by atoms with E-state index < -0.39 is 0 Å². The van der Waals surface area contributed by atoms with Crippen LogP contribution < -0.4 is 0 Å². The van der Waals surface area contributed by atoms with Gasteiger partial charge >= 0.3 is 5.97 Å². The SMILES string of the molecule is CCOC(=O)C1=C(C)C[C@@H](C(C)=O)CS1. The lowest BCUT2D eigenvalue weighted by Gasteiger charge is -2.22. The van der Waals surface area contributed by atoms with E-state index in [1.54, 1.807) is 13.8 Å². The number of carbonyl (C=O) groups is 2. The van der Waals surface area contributed by atoms with Crippen LogP contribution in [0.5, 0.6) is 0 Å². The quantitative estimate of drug-likeness (QED) is 0.694. The lowest BCUT2D eigenvalue weighted by atomic mass is 9.98. The van der Waals surface area contributed by atoms with Crippen molar-refractivity contribution in [1.82, 2.24) is 0 Å². The lowest BCUT2D eigenvalue weighted by Crippen LogP contribution is -2.21. The van der Waals surface area contributed by atoms with Crippen molar-refractivity contribution in [1.29, 1.82) is 0 Å². The summed E-state index contributed by atoms with van der Waals surface area (Å²) in [4.78, 5) is 23.4. The van der Waals surface area contributed by atoms with Crippen molar-refractivity contribution < 1.29 is 14.3 Å². The smallest absolute Gasteiger partial charge is 0.344 e. The number of esters is 1. The van der Waals surface area contributed by atoms with Crippen LogP contribution in [0.4, 0.5) is 0 Å². The van der Waals surface area contributed by atoms with Crippen LogP contribution in [-0.2, 0) is 14.3 Å². The fourth-order valence-corrected chi connectivity index (χ4v) is 2.75. The van der Waals surface area contributed by atoms with E-state index in [1.807, 2.05) is 6.92 Å². The molecule has 0 aromatic rings. The minimum Gasteiger partial charge on any atom is -0.462 e. The molecule has 0 bridgehead atoms. The second kappa shape index (κ2) is 5.35. The summed E-state index contributed by atoms with van der Waals surface area (Å²) in [6.45, 7) is 5.69. The third kappa shape index (κ3) is 3.09. The Morgan fingerprint density at radius 3 is 2.67 bits per heavy atom. The van der Waals surface area contributed by atoms with E-state index in [9.17, 15) is 9.59 Å². The first-order valence-electron chi connectivity index (χ1n) is 5.06. The zero-order valence-corrected chi connectivity index (χ0v) is 10.1. The van der Waals surface area contributed by atoms with Gasteiger partial charge in [-0.1, -0.05) is 5.57 Å². The molecule has 0 aliphatic carbocycles. The Morgan fingerprint density at radius 2 is 2.20 bits per heavy atom. The molecule has 1 atom stereocenters. The molecule has 15 heavy (non-hydrogen) atoms. The second-order valence-corrected chi connectivity index (χ2v) is 4.68. The Kier molecular flexibility index (Phi) is 4.39. The largest absolute Gasteiger partial charge is 0.462 e. The van der Waals surface area contributed by atoms with Crippen LogP contribution in [0.3, 0.4) is 0 Å². The summed E-state index contributed by atoms with van der Waals surface area (Å²) < 4.78 is 4.94. The van der Waals surface area contributed by atoms with Crippen LogP contribution in [0.1, 0.15) is 27.2 Å². The van der Waals surface area contributed by atoms with Gasteiger partial charge in [0, 0.05) is 11.7 Å². The van der Waals surface area contributed by atoms with Gasteiger partial charge in [-0.05, 0) is 27.2 Å². The van der Waals surface area contributed by atoms with Crippen LogP contribution in [0, 0.1) is 5.92 Å². The van der Waals surface area contributed by atoms with Crippen LogP contribution >= 0.6 is 11.8 Å². The molecule has 0 saturated heterocycles. The molecular formula is C11H16O3S.